The van der Waals surface area contributed by atoms with Crippen LogP contribution in [0.1, 0.15) is 43.9 Å². The summed E-state index contributed by atoms with van der Waals surface area (Å²) in [6, 6.07) is 17.3. The number of aromatic hydroxyl groups is 1. The van der Waals surface area contributed by atoms with Gasteiger partial charge in [0, 0.05) is 24.0 Å². The normalized spacial score (nSPS) is 24.6. The summed E-state index contributed by atoms with van der Waals surface area (Å²) in [5.74, 6) is -0.921. The largest absolute Gasteiger partial charge is 0.507 e. The second kappa shape index (κ2) is 11.0. The minimum absolute atomic E-state index is 0.0890. The van der Waals surface area contributed by atoms with Gasteiger partial charge >= 0.3 is 0 Å². The lowest BCUT2D eigenvalue weighted by Gasteiger charge is -2.31. The fraction of sp³-hybridized carbons (Fsp3) is 0.364. The van der Waals surface area contributed by atoms with Crippen LogP contribution in [-0.4, -0.2) is 57.8 Å². The molecule has 0 radical (unpaired) electrons. The SMILES string of the molecule is CCCN1C(=O)[C@@H]2[C@@H](CC(CO)=C3[C@@H](CC/C(=C/c4ccc(O)c5ccccc45)c4ccccn4)OC[C@@H]32)C1=O. The average molecular weight is 539 g/mol. The number of aliphatic hydroxyl groups is 1. The van der Waals surface area contributed by atoms with Crippen molar-refractivity contribution in [3.63, 3.8) is 0 Å². The molecule has 40 heavy (non-hydrogen) atoms. The van der Waals surface area contributed by atoms with Gasteiger partial charge in [-0.15, -0.1) is 0 Å². The highest BCUT2D eigenvalue weighted by molar-refractivity contribution is 6.06. The fourth-order valence-corrected chi connectivity index (χ4v) is 6.86. The highest BCUT2D eigenvalue weighted by atomic mass is 16.5. The molecule has 2 saturated heterocycles. The second-order valence-corrected chi connectivity index (χ2v) is 11.0. The molecule has 206 valence electrons. The number of likely N-dealkylation sites (tertiary alicyclic amines) is 1. The lowest BCUT2D eigenvalue weighted by atomic mass is 9.69. The number of carbonyl (C=O) groups excluding carboxylic acids is 2. The second-order valence-electron chi connectivity index (χ2n) is 11.0. The highest BCUT2D eigenvalue weighted by Crippen LogP contribution is 2.50. The first-order valence-electron chi connectivity index (χ1n) is 14.1. The van der Waals surface area contributed by atoms with E-state index in [2.05, 4.69) is 11.1 Å². The molecule has 0 saturated carbocycles. The van der Waals surface area contributed by atoms with Crippen LogP contribution < -0.4 is 0 Å². The zero-order chi connectivity index (χ0) is 27.8. The van der Waals surface area contributed by atoms with Crippen molar-refractivity contribution in [3.8, 4) is 5.75 Å². The minimum Gasteiger partial charge on any atom is -0.507 e. The van der Waals surface area contributed by atoms with Crippen molar-refractivity contribution in [2.24, 2.45) is 17.8 Å². The summed E-state index contributed by atoms with van der Waals surface area (Å²) in [5.41, 5.74) is 4.74. The Labute approximate surface area is 233 Å². The number of phenolic OH excluding ortho intramolecular Hbond substituents is 1. The minimum atomic E-state index is -0.400. The number of aromatic nitrogens is 1. The van der Waals surface area contributed by atoms with E-state index in [0.29, 0.717) is 32.4 Å². The van der Waals surface area contributed by atoms with Gasteiger partial charge in [-0.05, 0) is 77.6 Å². The number of aliphatic hydroxyl groups excluding tert-OH is 1. The Morgan fingerprint density at radius 1 is 1.05 bits per heavy atom. The van der Waals surface area contributed by atoms with E-state index in [1.807, 2.05) is 55.5 Å². The van der Waals surface area contributed by atoms with Crippen LogP contribution >= 0.6 is 0 Å². The van der Waals surface area contributed by atoms with Crippen molar-refractivity contribution < 1.29 is 24.5 Å². The summed E-state index contributed by atoms with van der Waals surface area (Å²) >= 11 is 0. The molecule has 3 heterocycles. The highest BCUT2D eigenvalue weighted by Gasteiger charge is 2.56. The molecule has 1 aromatic heterocycles. The number of amides is 2. The molecule has 3 aliphatic rings. The molecule has 2 fully saturated rings. The van der Waals surface area contributed by atoms with E-state index < -0.39 is 11.8 Å². The number of ether oxygens (including phenoxy) is 1. The third kappa shape index (κ3) is 4.53. The predicted octanol–water partition coefficient (Wildman–Crippen LogP) is 4.98. The topological polar surface area (TPSA) is 100.0 Å². The van der Waals surface area contributed by atoms with Gasteiger partial charge in [-0.3, -0.25) is 19.5 Å². The first-order valence-corrected chi connectivity index (χ1v) is 14.1. The van der Waals surface area contributed by atoms with Gasteiger partial charge < -0.3 is 14.9 Å². The van der Waals surface area contributed by atoms with E-state index in [-0.39, 0.29) is 36.2 Å². The smallest absolute Gasteiger partial charge is 0.233 e. The molecule has 2 aliphatic heterocycles. The molecule has 2 amide bonds. The van der Waals surface area contributed by atoms with Crippen LogP contribution in [0.4, 0.5) is 0 Å². The predicted molar refractivity (Wildman–Crippen MR) is 153 cm³/mol. The standard InChI is InChI=1S/C33H34N2O5/c1-2-15-35-32(38)25-17-22(18-36)30-26(31(25)33(35)39)19-40-29(30)13-11-21(27-9-5-6-14-34-27)16-20-10-12-28(37)24-8-4-3-7-23(20)24/h3-10,12,14,16,25-26,29,31,36-37H,2,11,13,15,17-19H2,1H3/b21-16-/t25-,26+,29-,31-/m1/s1. The Kier molecular flexibility index (Phi) is 7.26. The Balaban J connectivity index is 1.31. The van der Waals surface area contributed by atoms with Crippen LogP contribution in [0, 0.1) is 17.8 Å². The molecule has 4 atom stereocenters. The van der Waals surface area contributed by atoms with Gasteiger partial charge in [0.25, 0.3) is 0 Å². The summed E-state index contributed by atoms with van der Waals surface area (Å²) in [7, 11) is 0. The first-order chi connectivity index (χ1) is 19.5. The number of nitrogens with zero attached hydrogens (tertiary/aromatic N) is 2. The first kappa shape index (κ1) is 26.4. The Morgan fingerprint density at radius 3 is 2.60 bits per heavy atom. The van der Waals surface area contributed by atoms with Crippen molar-refractivity contribution in [3.05, 3.63) is 83.2 Å². The van der Waals surface area contributed by atoms with E-state index in [0.717, 1.165) is 45.2 Å². The fourth-order valence-electron chi connectivity index (χ4n) is 6.86. The number of benzene rings is 2. The summed E-state index contributed by atoms with van der Waals surface area (Å²) in [4.78, 5) is 32.4. The van der Waals surface area contributed by atoms with E-state index in [1.54, 1.807) is 12.3 Å². The number of phenols is 1. The quantitative estimate of drug-likeness (QED) is 0.310. The molecule has 6 rings (SSSR count). The van der Waals surface area contributed by atoms with Crippen molar-refractivity contribution in [2.75, 3.05) is 19.8 Å². The monoisotopic (exact) mass is 538 g/mol. The number of imide groups is 1. The molecule has 2 N–H and O–H groups in total. The molecule has 0 spiro atoms. The molecule has 2 aromatic carbocycles. The maximum absolute atomic E-state index is 13.3. The summed E-state index contributed by atoms with van der Waals surface area (Å²) < 4.78 is 6.31. The molecular formula is C33H34N2O5. The Morgan fingerprint density at radius 2 is 1.85 bits per heavy atom. The average Bonchev–Trinajstić information content (AvgIpc) is 3.51. The summed E-state index contributed by atoms with van der Waals surface area (Å²) in [6.07, 6.45) is 6.13. The van der Waals surface area contributed by atoms with Crippen LogP contribution in [-0.2, 0) is 14.3 Å². The summed E-state index contributed by atoms with van der Waals surface area (Å²) in [6.45, 7) is 2.66. The van der Waals surface area contributed by atoms with Gasteiger partial charge in [-0.25, -0.2) is 0 Å². The maximum Gasteiger partial charge on any atom is 0.233 e. The molecule has 0 unspecified atom stereocenters. The van der Waals surface area contributed by atoms with Gasteiger partial charge in [0.05, 0.1) is 36.8 Å². The molecule has 0 bridgehead atoms. The lowest BCUT2D eigenvalue weighted by Crippen LogP contribution is -2.35. The molecule has 7 heteroatoms. The third-order valence-corrected chi connectivity index (χ3v) is 8.67. The van der Waals surface area contributed by atoms with Crippen LogP contribution in [0.5, 0.6) is 5.75 Å². The van der Waals surface area contributed by atoms with Gasteiger partial charge in [-0.1, -0.05) is 43.3 Å². The summed E-state index contributed by atoms with van der Waals surface area (Å²) in [5, 5.41) is 22.4. The number of hydrogen-bond acceptors (Lipinski definition) is 6. The lowest BCUT2D eigenvalue weighted by molar-refractivity contribution is -0.140. The number of carbonyl (C=O) groups is 2. The number of allylic oxidation sites excluding steroid dienone is 1. The number of hydrogen-bond donors (Lipinski definition) is 2. The van der Waals surface area contributed by atoms with Crippen LogP contribution in [0.15, 0.2) is 71.9 Å². The van der Waals surface area contributed by atoms with Crippen LogP contribution in [0.3, 0.4) is 0 Å². The number of pyridine rings is 1. The molecule has 7 nitrogen and oxygen atoms in total. The van der Waals surface area contributed by atoms with Gasteiger partial charge in [0.1, 0.15) is 5.75 Å². The number of fused-ring (bicyclic) bond motifs is 4. The van der Waals surface area contributed by atoms with E-state index in [1.165, 1.54) is 4.90 Å². The van der Waals surface area contributed by atoms with Gasteiger partial charge in [0.15, 0.2) is 0 Å². The van der Waals surface area contributed by atoms with Crippen LogP contribution in [0.2, 0.25) is 0 Å². The van der Waals surface area contributed by atoms with Crippen molar-refractivity contribution >= 4 is 34.2 Å². The Bertz CT molecular complexity index is 1510. The maximum atomic E-state index is 13.3. The molecular weight excluding hydrogens is 504 g/mol. The van der Waals surface area contributed by atoms with Crippen molar-refractivity contribution in [2.45, 2.75) is 38.7 Å². The molecule has 1 aliphatic carbocycles. The van der Waals surface area contributed by atoms with E-state index in [4.69, 9.17) is 4.74 Å². The number of rotatable bonds is 8. The van der Waals surface area contributed by atoms with Crippen molar-refractivity contribution in [1.29, 1.82) is 0 Å². The van der Waals surface area contributed by atoms with Crippen molar-refractivity contribution in [1.82, 2.24) is 9.88 Å². The van der Waals surface area contributed by atoms with Gasteiger partial charge in [-0.2, -0.15) is 0 Å². The van der Waals surface area contributed by atoms with E-state index in [9.17, 15) is 19.8 Å². The van der Waals surface area contributed by atoms with Gasteiger partial charge in [0.2, 0.25) is 11.8 Å². The van der Waals surface area contributed by atoms with E-state index >= 15 is 0 Å². The zero-order valence-corrected chi connectivity index (χ0v) is 22.6. The third-order valence-electron chi connectivity index (χ3n) is 8.67. The Hall–Kier alpha value is -3.81. The molecule has 3 aromatic rings. The zero-order valence-electron chi connectivity index (χ0n) is 22.6. The van der Waals surface area contributed by atoms with Crippen LogP contribution in [0.25, 0.3) is 22.4 Å².